The van der Waals surface area contributed by atoms with Gasteiger partial charge in [0.05, 0.1) is 18.7 Å². The van der Waals surface area contributed by atoms with E-state index in [4.69, 9.17) is 9.72 Å². The fraction of sp³-hybridized carbons (Fsp3) is 0.429. The molecule has 1 aliphatic rings. The first-order chi connectivity index (χ1) is 9.25. The van der Waals surface area contributed by atoms with Crippen LogP contribution in [0.15, 0.2) is 24.3 Å². The van der Waals surface area contributed by atoms with Crippen LogP contribution in [0.2, 0.25) is 0 Å². The Kier molecular flexibility index (Phi) is 4.62. The van der Waals surface area contributed by atoms with Gasteiger partial charge in [-0.15, -0.1) is 12.4 Å². The molecule has 5 nitrogen and oxygen atoms in total. The number of hydrogen-bond acceptors (Lipinski definition) is 5. The first-order valence-electron chi connectivity index (χ1n) is 6.52. The summed E-state index contributed by atoms with van der Waals surface area (Å²) in [6, 6.07) is 8.16. The number of halogens is 1. The summed E-state index contributed by atoms with van der Waals surface area (Å²) >= 11 is 0. The van der Waals surface area contributed by atoms with Gasteiger partial charge >= 0.3 is 0 Å². The highest BCUT2D eigenvalue weighted by Crippen LogP contribution is 2.26. The van der Waals surface area contributed by atoms with Crippen molar-refractivity contribution in [3.8, 4) is 0 Å². The first kappa shape index (κ1) is 14.8. The molecule has 6 heteroatoms. The topological polar surface area (TPSA) is 41.5 Å². The second-order valence-electron chi connectivity index (χ2n) is 4.86. The molecule has 1 fully saturated rings. The summed E-state index contributed by atoms with van der Waals surface area (Å²) in [6.45, 7) is 3.28. The van der Waals surface area contributed by atoms with Gasteiger partial charge in [0.2, 0.25) is 5.95 Å². The molecule has 3 rings (SSSR count). The van der Waals surface area contributed by atoms with Gasteiger partial charge in [0.25, 0.3) is 0 Å². The largest absolute Gasteiger partial charge is 0.378 e. The van der Waals surface area contributed by atoms with E-state index in [-0.39, 0.29) is 12.4 Å². The minimum absolute atomic E-state index is 0. The molecule has 2 heterocycles. The van der Waals surface area contributed by atoms with Crippen molar-refractivity contribution in [1.29, 1.82) is 0 Å². The predicted molar refractivity (Wildman–Crippen MR) is 84.1 cm³/mol. The van der Waals surface area contributed by atoms with E-state index in [0.717, 1.165) is 49.0 Å². The Balaban J connectivity index is 0.00000147. The smallest absolute Gasteiger partial charge is 0.227 e. The minimum Gasteiger partial charge on any atom is -0.378 e. The molecule has 0 spiro atoms. The molecule has 0 saturated carbocycles. The Morgan fingerprint density at radius 2 is 1.80 bits per heavy atom. The molecule has 108 valence electrons. The van der Waals surface area contributed by atoms with Gasteiger partial charge in [-0.1, -0.05) is 12.1 Å². The van der Waals surface area contributed by atoms with Gasteiger partial charge in [-0.2, -0.15) is 4.98 Å². The maximum Gasteiger partial charge on any atom is 0.227 e. The molecule has 1 aromatic carbocycles. The maximum atomic E-state index is 5.42. The van der Waals surface area contributed by atoms with Crippen LogP contribution in [0, 0.1) is 0 Å². The lowest BCUT2D eigenvalue weighted by Gasteiger charge is -2.29. The Labute approximate surface area is 125 Å². The highest BCUT2D eigenvalue weighted by atomic mass is 35.5. The Hall–Kier alpha value is -1.59. The van der Waals surface area contributed by atoms with E-state index < -0.39 is 0 Å². The zero-order valence-electron chi connectivity index (χ0n) is 11.7. The second kappa shape index (κ2) is 6.24. The lowest BCUT2D eigenvalue weighted by molar-refractivity contribution is 0.122. The molecule has 0 bridgehead atoms. The van der Waals surface area contributed by atoms with Crippen molar-refractivity contribution in [2.75, 3.05) is 50.2 Å². The summed E-state index contributed by atoms with van der Waals surface area (Å²) in [5.74, 6) is 1.76. The Morgan fingerprint density at radius 1 is 1.10 bits per heavy atom. The number of benzene rings is 1. The molecule has 0 N–H and O–H groups in total. The third-order valence-corrected chi connectivity index (χ3v) is 3.28. The summed E-state index contributed by atoms with van der Waals surface area (Å²) in [4.78, 5) is 13.5. The lowest BCUT2D eigenvalue weighted by Crippen LogP contribution is -2.37. The number of aromatic nitrogens is 2. The third-order valence-electron chi connectivity index (χ3n) is 3.28. The van der Waals surface area contributed by atoms with Gasteiger partial charge in [0.15, 0.2) is 0 Å². The van der Waals surface area contributed by atoms with E-state index in [1.54, 1.807) is 0 Å². The van der Waals surface area contributed by atoms with Crippen LogP contribution in [0.25, 0.3) is 10.9 Å². The summed E-state index contributed by atoms with van der Waals surface area (Å²) < 4.78 is 5.42. The van der Waals surface area contributed by atoms with Crippen LogP contribution in [0.5, 0.6) is 0 Å². The maximum absolute atomic E-state index is 5.42. The summed E-state index contributed by atoms with van der Waals surface area (Å²) in [5.41, 5.74) is 0.989. The normalized spacial score (nSPS) is 15.0. The molecule has 0 aliphatic carbocycles. The number of hydrogen-bond donors (Lipinski definition) is 0. The number of morpholine rings is 1. The minimum atomic E-state index is 0. The molecular weight excluding hydrogens is 276 g/mol. The summed E-state index contributed by atoms with van der Waals surface area (Å²) in [7, 11) is 3.93. The van der Waals surface area contributed by atoms with E-state index >= 15 is 0 Å². The van der Waals surface area contributed by atoms with Gasteiger partial charge in [-0.25, -0.2) is 4.98 Å². The van der Waals surface area contributed by atoms with Crippen LogP contribution in [-0.4, -0.2) is 50.4 Å². The first-order valence-corrected chi connectivity index (χ1v) is 6.52. The molecule has 20 heavy (non-hydrogen) atoms. The van der Waals surface area contributed by atoms with Crippen molar-refractivity contribution in [3.63, 3.8) is 0 Å². The van der Waals surface area contributed by atoms with Crippen LogP contribution in [0.3, 0.4) is 0 Å². The fourth-order valence-corrected chi connectivity index (χ4v) is 2.26. The molecule has 1 saturated heterocycles. The highest BCUT2D eigenvalue weighted by molar-refractivity contribution is 5.90. The molecule has 0 atom stereocenters. The van der Waals surface area contributed by atoms with E-state index in [0.29, 0.717) is 0 Å². The highest BCUT2D eigenvalue weighted by Gasteiger charge is 2.17. The van der Waals surface area contributed by atoms with Crippen LogP contribution in [0.4, 0.5) is 11.8 Å². The molecule has 0 amide bonds. The molecule has 0 radical (unpaired) electrons. The predicted octanol–water partition coefficient (Wildman–Crippen LogP) is 1.95. The third kappa shape index (κ3) is 2.78. The van der Waals surface area contributed by atoms with Gasteiger partial charge in [-0.3, -0.25) is 0 Å². The molecule has 0 unspecified atom stereocenters. The van der Waals surface area contributed by atoms with Crippen molar-refractivity contribution in [2.24, 2.45) is 0 Å². The summed E-state index contributed by atoms with van der Waals surface area (Å²) in [5, 5.41) is 1.11. The summed E-state index contributed by atoms with van der Waals surface area (Å²) in [6.07, 6.45) is 0. The van der Waals surface area contributed by atoms with Crippen molar-refractivity contribution >= 4 is 35.1 Å². The zero-order valence-corrected chi connectivity index (χ0v) is 12.6. The van der Waals surface area contributed by atoms with Crippen molar-refractivity contribution < 1.29 is 4.74 Å². The number of nitrogens with zero attached hydrogens (tertiary/aromatic N) is 4. The average Bonchev–Trinajstić information content (AvgIpc) is 2.47. The Morgan fingerprint density at radius 3 is 2.50 bits per heavy atom. The quantitative estimate of drug-likeness (QED) is 0.847. The standard InChI is InChI=1S/C14H18N4O.ClH/c1-17(2)14-15-12-6-4-3-5-11(12)13(16-14)18-7-9-19-10-8-18;/h3-6H,7-10H2,1-2H3;1H. The molecule has 1 aromatic heterocycles. The van der Waals surface area contributed by atoms with Gasteiger partial charge in [-0.05, 0) is 12.1 Å². The SMILES string of the molecule is CN(C)c1nc(N2CCOCC2)c2ccccc2n1.Cl. The molecule has 1 aliphatic heterocycles. The van der Waals surface area contributed by atoms with Crippen molar-refractivity contribution in [1.82, 2.24) is 9.97 Å². The van der Waals surface area contributed by atoms with Gasteiger partial charge in [0, 0.05) is 32.6 Å². The number of rotatable bonds is 2. The number of anilines is 2. The van der Waals surface area contributed by atoms with E-state index in [9.17, 15) is 0 Å². The van der Waals surface area contributed by atoms with E-state index in [1.165, 1.54) is 0 Å². The van der Waals surface area contributed by atoms with Gasteiger partial charge < -0.3 is 14.5 Å². The second-order valence-corrected chi connectivity index (χ2v) is 4.86. The van der Waals surface area contributed by atoms with E-state index in [1.807, 2.05) is 37.2 Å². The fourth-order valence-electron chi connectivity index (χ4n) is 2.26. The van der Waals surface area contributed by atoms with Crippen LogP contribution in [-0.2, 0) is 4.74 Å². The van der Waals surface area contributed by atoms with Crippen LogP contribution < -0.4 is 9.80 Å². The lowest BCUT2D eigenvalue weighted by atomic mass is 10.2. The molecule has 2 aromatic rings. The zero-order chi connectivity index (χ0) is 13.2. The number of fused-ring (bicyclic) bond motifs is 1. The average molecular weight is 295 g/mol. The van der Waals surface area contributed by atoms with Crippen LogP contribution in [0.1, 0.15) is 0 Å². The number of para-hydroxylation sites is 1. The Bertz CT molecular complexity index is 584. The van der Waals surface area contributed by atoms with E-state index in [2.05, 4.69) is 16.0 Å². The van der Waals surface area contributed by atoms with Crippen molar-refractivity contribution in [2.45, 2.75) is 0 Å². The van der Waals surface area contributed by atoms with Crippen molar-refractivity contribution in [3.05, 3.63) is 24.3 Å². The number of ether oxygens (including phenoxy) is 1. The van der Waals surface area contributed by atoms with Crippen LogP contribution >= 0.6 is 12.4 Å². The monoisotopic (exact) mass is 294 g/mol. The molecular formula is C14H19ClN4O. The van der Waals surface area contributed by atoms with Gasteiger partial charge in [0.1, 0.15) is 5.82 Å².